The monoisotopic (exact) mass is 309 g/mol. The van der Waals surface area contributed by atoms with Crippen LogP contribution in [0.1, 0.15) is 49.8 Å². The fourth-order valence-electron chi connectivity index (χ4n) is 3.40. The van der Waals surface area contributed by atoms with Crippen LogP contribution in [0.15, 0.2) is 48.7 Å². The maximum absolute atomic E-state index is 4.60. The number of hydrogen-bond acceptors (Lipinski definition) is 3. The third kappa shape index (κ3) is 4.11. The molecule has 122 valence electrons. The van der Waals surface area contributed by atoms with Crippen molar-refractivity contribution in [3.8, 4) is 0 Å². The van der Waals surface area contributed by atoms with E-state index in [1.807, 2.05) is 6.20 Å². The van der Waals surface area contributed by atoms with Crippen molar-refractivity contribution in [2.75, 3.05) is 18.4 Å². The van der Waals surface area contributed by atoms with Crippen molar-refractivity contribution in [1.29, 1.82) is 0 Å². The molecule has 0 radical (unpaired) electrons. The lowest BCUT2D eigenvalue weighted by atomic mass is 10.0. The van der Waals surface area contributed by atoms with Gasteiger partial charge in [0.2, 0.25) is 0 Å². The Kier molecular flexibility index (Phi) is 5.65. The van der Waals surface area contributed by atoms with Crippen LogP contribution in [0.25, 0.3) is 0 Å². The number of nitrogens with one attached hydrogen (secondary N) is 1. The Balaban J connectivity index is 1.74. The maximum Gasteiger partial charge on any atom is 0.130 e. The molecule has 0 aliphatic carbocycles. The summed E-state index contributed by atoms with van der Waals surface area (Å²) < 4.78 is 0. The van der Waals surface area contributed by atoms with Gasteiger partial charge in [-0.05, 0) is 37.4 Å². The highest BCUT2D eigenvalue weighted by Crippen LogP contribution is 2.36. The Morgan fingerprint density at radius 1 is 1.17 bits per heavy atom. The van der Waals surface area contributed by atoms with Crippen molar-refractivity contribution in [3.05, 3.63) is 59.8 Å². The molecule has 1 atom stereocenters. The zero-order chi connectivity index (χ0) is 15.9. The zero-order valence-corrected chi connectivity index (χ0v) is 14.0. The summed E-state index contributed by atoms with van der Waals surface area (Å²) in [5, 5.41) is 3.54. The number of anilines is 1. The number of hydrogen-bond donors (Lipinski definition) is 1. The molecule has 23 heavy (non-hydrogen) atoms. The Morgan fingerprint density at radius 3 is 2.87 bits per heavy atom. The number of likely N-dealkylation sites (tertiary alicyclic amines) is 1. The van der Waals surface area contributed by atoms with Crippen LogP contribution in [0.3, 0.4) is 0 Å². The van der Waals surface area contributed by atoms with Crippen molar-refractivity contribution in [1.82, 2.24) is 9.88 Å². The summed E-state index contributed by atoms with van der Waals surface area (Å²) in [6.07, 6.45) is 6.78. The van der Waals surface area contributed by atoms with Gasteiger partial charge in [-0.15, -0.1) is 0 Å². The molecule has 1 N–H and O–H groups in total. The minimum atomic E-state index is 0.480. The molecule has 0 spiro atoms. The summed E-state index contributed by atoms with van der Waals surface area (Å²) in [7, 11) is 0. The van der Waals surface area contributed by atoms with E-state index in [1.165, 1.54) is 43.4 Å². The van der Waals surface area contributed by atoms with Gasteiger partial charge in [0.25, 0.3) is 0 Å². The molecule has 2 heterocycles. The molecule has 1 saturated heterocycles. The van der Waals surface area contributed by atoms with Crippen LogP contribution in [0, 0.1) is 0 Å². The predicted molar refractivity (Wildman–Crippen MR) is 96.5 cm³/mol. The molecule has 3 heteroatoms. The van der Waals surface area contributed by atoms with E-state index < -0.39 is 0 Å². The minimum Gasteiger partial charge on any atom is -0.370 e. The number of aromatic nitrogens is 1. The van der Waals surface area contributed by atoms with E-state index in [4.69, 9.17) is 0 Å². The van der Waals surface area contributed by atoms with E-state index >= 15 is 0 Å². The predicted octanol–water partition coefficient (Wildman–Crippen LogP) is 4.63. The van der Waals surface area contributed by atoms with Crippen molar-refractivity contribution in [2.24, 2.45) is 0 Å². The fraction of sp³-hybridized carbons (Fsp3) is 0.450. The van der Waals surface area contributed by atoms with Gasteiger partial charge in [0.1, 0.15) is 5.82 Å². The lowest BCUT2D eigenvalue weighted by molar-refractivity contribution is 0.248. The first-order valence-electron chi connectivity index (χ1n) is 8.85. The van der Waals surface area contributed by atoms with Crippen LogP contribution in [0.5, 0.6) is 0 Å². The topological polar surface area (TPSA) is 28.2 Å². The van der Waals surface area contributed by atoms with Crippen LogP contribution < -0.4 is 5.32 Å². The van der Waals surface area contributed by atoms with Crippen LogP contribution in [-0.2, 0) is 6.54 Å². The number of rotatable bonds is 7. The second kappa shape index (κ2) is 8.11. The normalized spacial score (nSPS) is 18.2. The molecule has 2 aromatic rings. The molecular formula is C20H27N3. The van der Waals surface area contributed by atoms with Gasteiger partial charge in [-0.25, -0.2) is 4.98 Å². The summed E-state index contributed by atoms with van der Waals surface area (Å²) in [5.74, 6) is 1.07. The molecule has 0 saturated carbocycles. The Bertz CT molecular complexity index is 597. The van der Waals surface area contributed by atoms with E-state index in [9.17, 15) is 0 Å². The average Bonchev–Trinajstić information content (AvgIpc) is 3.04. The van der Waals surface area contributed by atoms with Gasteiger partial charge in [-0.1, -0.05) is 49.7 Å². The van der Waals surface area contributed by atoms with Crippen LogP contribution in [0.4, 0.5) is 5.82 Å². The van der Waals surface area contributed by atoms with Crippen molar-refractivity contribution in [2.45, 2.75) is 45.2 Å². The second-order valence-corrected chi connectivity index (χ2v) is 6.34. The molecule has 1 fully saturated rings. The molecule has 3 rings (SSSR count). The molecular weight excluding hydrogens is 282 g/mol. The Morgan fingerprint density at radius 2 is 2.04 bits per heavy atom. The first-order valence-corrected chi connectivity index (χ1v) is 8.85. The average molecular weight is 309 g/mol. The van der Waals surface area contributed by atoms with Gasteiger partial charge in [-0.2, -0.15) is 0 Å². The first kappa shape index (κ1) is 16.0. The summed E-state index contributed by atoms with van der Waals surface area (Å²) >= 11 is 0. The largest absolute Gasteiger partial charge is 0.370 e. The van der Waals surface area contributed by atoms with E-state index in [-0.39, 0.29) is 0 Å². The van der Waals surface area contributed by atoms with Gasteiger partial charge >= 0.3 is 0 Å². The van der Waals surface area contributed by atoms with Crippen molar-refractivity contribution >= 4 is 5.82 Å². The summed E-state index contributed by atoms with van der Waals surface area (Å²) in [5.41, 5.74) is 2.75. The lowest BCUT2D eigenvalue weighted by Gasteiger charge is -2.26. The number of unbranched alkanes of at least 4 members (excludes halogenated alkanes) is 1. The van der Waals surface area contributed by atoms with Gasteiger partial charge in [0.15, 0.2) is 0 Å². The highest BCUT2D eigenvalue weighted by Gasteiger charge is 2.28. The maximum atomic E-state index is 4.60. The molecule has 1 unspecified atom stereocenters. The third-order valence-electron chi connectivity index (χ3n) is 4.61. The standard InChI is InChI=1S/C20H27N3/c1-2-3-13-21-20-18(11-7-14-22-20)19-12-8-15-23(19)16-17-9-5-4-6-10-17/h4-7,9-11,14,19H,2-3,8,12-13,15-16H2,1H3,(H,21,22). The molecule has 0 bridgehead atoms. The van der Waals surface area contributed by atoms with Crippen LogP contribution in [0.2, 0.25) is 0 Å². The summed E-state index contributed by atoms with van der Waals surface area (Å²) in [6.45, 7) is 5.42. The smallest absolute Gasteiger partial charge is 0.130 e. The number of benzene rings is 1. The fourth-order valence-corrected chi connectivity index (χ4v) is 3.40. The SMILES string of the molecule is CCCCNc1ncccc1C1CCCN1Cc1ccccc1. The van der Waals surface area contributed by atoms with Crippen LogP contribution >= 0.6 is 0 Å². The third-order valence-corrected chi connectivity index (χ3v) is 4.61. The highest BCUT2D eigenvalue weighted by molar-refractivity contribution is 5.46. The van der Waals surface area contributed by atoms with E-state index in [0.717, 1.165) is 18.9 Å². The number of pyridine rings is 1. The zero-order valence-electron chi connectivity index (χ0n) is 14.0. The first-order chi connectivity index (χ1) is 11.4. The van der Waals surface area contributed by atoms with Gasteiger partial charge in [0.05, 0.1) is 0 Å². The summed E-state index contributed by atoms with van der Waals surface area (Å²) in [6, 6.07) is 15.6. The highest BCUT2D eigenvalue weighted by atomic mass is 15.2. The summed E-state index contributed by atoms with van der Waals surface area (Å²) in [4.78, 5) is 7.19. The molecule has 1 aliphatic heterocycles. The minimum absolute atomic E-state index is 0.480. The molecule has 3 nitrogen and oxygen atoms in total. The van der Waals surface area contributed by atoms with E-state index in [0.29, 0.717) is 6.04 Å². The van der Waals surface area contributed by atoms with Crippen LogP contribution in [-0.4, -0.2) is 23.0 Å². The van der Waals surface area contributed by atoms with Gasteiger partial charge < -0.3 is 5.32 Å². The van der Waals surface area contributed by atoms with E-state index in [1.54, 1.807) is 0 Å². The molecule has 1 aromatic heterocycles. The van der Waals surface area contributed by atoms with Gasteiger partial charge in [-0.3, -0.25) is 4.90 Å². The Hall–Kier alpha value is -1.87. The molecule has 1 aromatic carbocycles. The quantitative estimate of drug-likeness (QED) is 0.756. The van der Waals surface area contributed by atoms with Crippen molar-refractivity contribution in [3.63, 3.8) is 0 Å². The van der Waals surface area contributed by atoms with E-state index in [2.05, 4.69) is 64.6 Å². The second-order valence-electron chi connectivity index (χ2n) is 6.34. The molecule has 1 aliphatic rings. The molecule has 0 amide bonds. The van der Waals surface area contributed by atoms with Gasteiger partial charge in [0, 0.05) is 30.9 Å². The Labute approximate surface area is 139 Å². The number of nitrogens with zero attached hydrogens (tertiary/aromatic N) is 2. The lowest BCUT2D eigenvalue weighted by Crippen LogP contribution is -2.24. The van der Waals surface area contributed by atoms with Crippen molar-refractivity contribution < 1.29 is 0 Å².